The minimum Gasteiger partial charge on any atom is -0.383 e. The van der Waals surface area contributed by atoms with Crippen molar-refractivity contribution in [1.82, 2.24) is 24.9 Å². The molecule has 0 atom stereocenters. The van der Waals surface area contributed by atoms with Crippen molar-refractivity contribution >= 4 is 16.9 Å². The van der Waals surface area contributed by atoms with Gasteiger partial charge in [0.15, 0.2) is 0 Å². The van der Waals surface area contributed by atoms with Crippen molar-refractivity contribution in [2.45, 2.75) is 6.92 Å². The molecular weight excluding hydrogens is 204 g/mol. The summed E-state index contributed by atoms with van der Waals surface area (Å²) in [4.78, 5) is 18.7. The highest BCUT2D eigenvalue weighted by Crippen LogP contribution is 2.28. The first kappa shape index (κ1) is 8.90. The molecule has 0 aliphatic rings. The number of nitrogens with two attached hydrogens (primary N) is 1. The summed E-state index contributed by atoms with van der Waals surface area (Å²) in [6.45, 7) is 1.81. The Morgan fingerprint density at radius 2 is 2.12 bits per heavy atom. The number of imidazole rings is 1. The molecule has 4 N–H and O–H groups in total. The molecule has 0 saturated carbocycles. The second kappa shape index (κ2) is 3.06. The average molecular weight is 214 g/mol. The van der Waals surface area contributed by atoms with E-state index in [0.717, 1.165) is 22.4 Å². The summed E-state index contributed by atoms with van der Waals surface area (Å²) in [5.74, 6) is 1.87. The van der Waals surface area contributed by atoms with Gasteiger partial charge in [0.25, 0.3) is 0 Å². The van der Waals surface area contributed by atoms with Gasteiger partial charge in [-0.15, -0.1) is 0 Å². The van der Waals surface area contributed by atoms with Crippen LogP contribution in [-0.2, 0) is 0 Å². The number of anilines is 1. The van der Waals surface area contributed by atoms with E-state index < -0.39 is 0 Å². The summed E-state index contributed by atoms with van der Waals surface area (Å²) in [5, 5.41) is 0.806. The lowest BCUT2D eigenvalue weighted by molar-refractivity contribution is 1.09. The van der Waals surface area contributed by atoms with Gasteiger partial charge in [-0.2, -0.15) is 0 Å². The van der Waals surface area contributed by atoms with Gasteiger partial charge in [-0.25, -0.2) is 15.0 Å². The minimum absolute atomic E-state index is 0.468. The Hall–Kier alpha value is -2.37. The fraction of sp³-hybridized carbons (Fsp3) is 0.100. The van der Waals surface area contributed by atoms with Gasteiger partial charge in [-0.3, -0.25) is 0 Å². The van der Waals surface area contributed by atoms with Crippen LogP contribution < -0.4 is 5.73 Å². The van der Waals surface area contributed by atoms with Gasteiger partial charge in [0.1, 0.15) is 23.1 Å². The van der Waals surface area contributed by atoms with Crippen LogP contribution in [0.5, 0.6) is 0 Å². The standard InChI is InChI=1S/C10H10N6/c1-5-15-8(11)7-6(4-14-10(7)16-5)9-12-2-3-13-9/h2-4H,1H3,(H,12,13)(H3,11,14,15,16). The van der Waals surface area contributed by atoms with Gasteiger partial charge in [0.2, 0.25) is 0 Å². The minimum atomic E-state index is 0.468. The maximum atomic E-state index is 5.90. The first-order valence-corrected chi connectivity index (χ1v) is 4.86. The van der Waals surface area contributed by atoms with Crippen LogP contribution in [-0.4, -0.2) is 24.9 Å². The van der Waals surface area contributed by atoms with E-state index in [1.165, 1.54) is 0 Å². The molecule has 0 aromatic carbocycles. The molecule has 0 radical (unpaired) electrons. The van der Waals surface area contributed by atoms with Gasteiger partial charge in [-0.1, -0.05) is 0 Å². The quantitative estimate of drug-likeness (QED) is 0.567. The summed E-state index contributed by atoms with van der Waals surface area (Å²) in [6, 6.07) is 0. The lowest BCUT2D eigenvalue weighted by atomic mass is 10.2. The number of nitrogen functional groups attached to an aromatic ring is 1. The molecule has 3 heterocycles. The van der Waals surface area contributed by atoms with Gasteiger partial charge in [0.05, 0.1) is 5.39 Å². The zero-order valence-electron chi connectivity index (χ0n) is 8.65. The van der Waals surface area contributed by atoms with E-state index in [4.69, 9.17) is 5.73 Å². The highest BCUT2D eigenvalue weighted by molar-refractivity contribution is 5.98. The van der Waals surface area contributed by atoms with E-state index in [1.807, 2.05) is 13.1 Å². The number of aromatic nitrogens is 5. The van der Waals surface area contributed by atoms with Gasteiger partial charge in [0, 0.05) is 24.2 Å². The Morgan fingerprint density at radius 1 is 1.25 bits per heavy atom. The molecule has 0 saturated heterocycles. The summed E-state index contributed by atoms with van der Waals surface area (Å²) < 4.78 is 0. The second-order valence-corrected chi connectivity index (χ2v) is 3.52. The smallest absolute Gasteiger partial charge is 0.143 e. The van der Waals surface area contributed by atoms with Crippen LogP contribution >= 0.6 is 0 Å². The normalized spacial score (nSPS) is 11.1. The van der Waals surface area contributed by atoms with Crippen molar-refractivity contribution in [3.8, 4) is 11.4 Å². The Kier molecular flexibility index (Phi) is 1.70. The number of rotatable bonds is 1. The van der Waals surface area contributed by atoms with E-state index in [9.17, 15) is 0 Å². The Morgan fingerprint density at radius 3 is 2.88 bits per heavy atom. The topological polar surface area (TPSA) is 96.3 Å². The SMILES string of the molecule is Cc1nc(N)c2c(-c3ncc[nH]3)c[nH]c2n1. The van der Waals surface area contributed by atoms with Gasteiger partial charge < -0.3 is 15.7 Å². The molecule has 0 aliphatic carbocycles. The number of H-pyrrole nitrogens is 2. The number of nitrogens with zero attached hydrogens (tertiary/aromatic N) is 3. The highest BCUT2D eigenvalue weighted by Gasteiger charge is 2.13. The molecule has 3 rings (SSSR count). The van der Waals surface area contributed by atoms with Crippen LogP contribution in [0, 0.1) is 6.92 Å². The molecule has 80 valence electrons. The fourth-order valence-corrected chi connectivity index (χ4v) is 1.78. The molecule has 3 aromatic rings. The Labute approximate surface area is 91.0 Å². The van der Waals surface area contributed by atoms with Crippen LogP contribution in [0.4, 0.5) is 5.82 Å². The zero-order chi connectivity index (χ0) is 11.1. The molecule has 6 heteroatoms. The summed E-state index contributed by atoms with van der Waals surface area (Å²) >= 11 is 0. The van der Waals surface area contributed by atoms with Crippen molar-refractivity contribution in [2.75, 3.05) is 5.73 Å². The van der Waals surface area contributed by atoms with Crippen LogP contribution in [0.25, 0.3) is 22.4 Å². The van der Waals surface area contributed by atoms with E-state index in [-0.39, 0.29) is 0 Å². The molecule has 3 aromatic heterocycles. The lowest BCUT2D eigenvalue weighted by Gasteiger charge is -1.99. The average Bonchev–Trinajstić information content (AvgIpc) is 2.82. The molecule has 0 spiro atoms. The van der Waals surface area contributed by atoms with Crippen molar-refractivity contribution in [3.63, 3.8) is 0 Å². The number of fused-ring (bicyclic) bond motifs is 1. The predicted octanol–water partition coefficient (Wildman–Crippen LogP) is 1.24. The third-order valence-corrected chi connectivity index (χ3v) is 2.42. The summed E-state index contributed by atoms with van der Waals surface area (Å²) in [7, 11) is 0. The molecular formula is C10H10N6. The Bertz CT molecular complexity index is 637. The summed E-state index contributed by atoms with van der Waals surface area (Å²) in [6.07, 6.45) is 5.28. The van der Waals surface area contributed by atoms with Crippen molar-refractivity contribution in [3.05, 3.63) is 24.4 Å². The third kappa shape index (κ3) is 1.16. The molecule has 0 fully saturated rings. The van der Waals surface area contributed by atoms with Gasteiger partial charge >= 0.3 is 0 Å². The fourth-order valence-electron chi connectivity index (χ4n) is 1.78. The first-order chi connectivity index (χ1) is 7.75. The van der Waals surface area contributed by atoms with Crippen molar-refractivity contribution < 1.29 is 0 Å². The van der Waals surface area contributed by atoms with E-state index in [2.05, 4.69) is 24.9 Å². The molecule has 0 unspecified atom stereocenters. The lowest BCUT2D eigenvalue weighted by Crippen LogP contribution is -1.96. The van der Waals surface area contributed by atoms with Gasteiger partial charge in [-0.05, 0) is 6.92 Å². The van der Waals surface area contributed by atoms with Crippen LogP contribution in [0.2, 0.25) is 0 Å². The molecule has 0 aliphatic heterocycles. The summed E-state index contributed by atoms with van der Waals surface area (Å²) in [5.41, 5.74) is 7.51. The van der Waals surface area contributed by atoms with E-state index >= 15 is 0 Å². The van der Waals surface area contributed by atoms with Crippen molar-refractivity contribution in [1.29, 1.82) is 0 Å². The molecule has 16 heavy (non-hydrogen) atoms. The zero-order valence-corrected chi connectivity index (χ0v) is 8.65. The number of aryl methyl sites for hydroxylation is 1. The highest BCUT2D eigenvalue weighted by atomic mass is 15.0. The second-order valence-electron chi connectivity index (χ2n) is 3.52. The number of hydrogen-bond acceptors (Lipinski definition) is 4. The predicted molar refractivity (Wildman–Crippen MR) is 60.6 cm³/mol. The monoisotopic (exact) mass is 214 g/mol. The van der Waals surface area contributed by atoms with E-state index in [0.29, 0.717) is 11.6 Å². The van der Waals surface area contributed by atoms with E-state index in [1.54, 1.807) is 12.4 Å². The van der Waals surface area contributed by atoms with Crippen LogP contribution in [0.15, 0.2) is 18.6 Å². The maximum Gasteiger partial charge on any atom is 0.143 e. The molecule has 0 bridgehead atoms. The number of aromatic amines is 2. The Balaban J connectivity index is 2.36. The maximum absolute atomic E-state index is 5.90. The molecule has 0 amide bonds. The third-order valence-electron chi connectivity index (χ3n) is 2.42. The molecule has 6 nitrogen and oxygen atoms in total. The van der Waals surface area contributed by atoms with Crippen LogP contribution in [0.3, 0.4) is 0 Å². The first-order valence-electron chi connectivity index (χ1n) is 4.86. The van der Waals surface area contributed by atoms with Crippen molar-refractivity contribution in [2.24, 2.45) is 0 Å². The number of nitrogens with one attached hydrogen (secondary N) is 2. The largest absolute Gasteiger partial charge is 0.383 e. The number of hydrogen-bond donors (Lipinski definition) is 3. The van der Waals surface area contributed by atoms with Crippen LogP contribution in [0.1, 0.15) is 5.82 Å².